The van der Waals surface area contributed by atoms with Crippen molar-refractivity contribution in [2.75, 3.05) is 26.2 Å². The number of nitrogens with one attached hydrogen (secondary N) is 1. The molecule has 0 aromatic carbocycles. The summed E-state index contributed by atoms with van der Waals surface area (Å²) >= 11 is 0. The van der Waals surface area contributed by atoms with Crippen molar-refractivity contribution in [3.63, 3.8) is 0 Å². The molecule has 0 aromatic rings. The van der Waals surface area contributed by atoms with Crippen LogP contribution in [0.1, 0.15) is 0 Å². The van der Waals surface area contributed by atoms with Crippen molar-refractivity contribution < 1.29 is 10.3 Å². The van der Waals surface area contributed by atoms with Gasteiger partial charge in [-0.3, -0.25) is 0 Å². The Bertz CT molecular complexity index is 60.4. The van der Waals surface area contributed by atoms with E-state index in [0.717, 1.165) is 0 Å². The molecule has 0 radical (unpaired) electrons. The zero-order valence-electron chi connectivity index (χ0n) is 4.63. The first kappa shape index (κ1) is 5.97. The molecule has 4 nitrogen and oxygen atoms in total. The minimum Gasteiger partial charge on any atom is -0.634 e. The molecule has 0 aliphatic carbocycles. The largest absolute Gasteiger partial charge is 0.634 e. The van der Waals surface area contributed by atoms with Crippen LogP contribution in [0.5, 0.6) is 0 Å². The van der Waals surface area contributed by atoms with Crippen molar-refractivity contribution >= 4 is 0 Å². The molecule has 1 aliphatic rings. The van der Waals surface area contributed by atoms with Gasteiger partial charge < -0.3 is 15.5 Å². The zero-order chi connectivity index (χ0) is 5.98. The summed E-state index contributed by atoms with van der Waals surface area (Å²) in [6, 6.07) is 0. The first-order valence-corrected chi connectivity index (χ1v) is 2.74. The predicted molar refractivity (Wildman–Crippen MR) is 27.4 cm³/mol. The monoisotopic (exact) mass is 118 g/mol. The number of hydrogen-bond acceptors (Lipinski definition) is 3. The summed E-state index contributed by atoms with van der Waals surface area (Å²) in [6.07, 6.45) is 0. The molecule has 8 heavy (non-hydrogen) atoms. The van der Waals surface area contributed by atoms with E-state index in [1.165, 1.54) is 5.06 Å². The van der Waals surface area contributed by atoms with Gasteiger partial charge in [0.15, 0.2) is 0 Å². The van der Waals surface area contributed by atoms with Gasteiger partial charge in [0.2, 0.25) is 0 Å². The van der Waals surface area contributed by atoms with E-state index in [9.17, 15) is 5.21 Å². The molecule has 0 saturated carbocycles. The highest BCUT2D eigenvalue weighted by molar-refractivity contribution is 4.47. The number of quaternary nitrogens is 1. The average Bonchev–Trinajstić information content (AvgIpc) is 1.77. The number of piperazine rings is 1. The van der Waals surface area contributed by atoms with Crippen LogP contribution in [-0.4, -0.2) is 36.4 Å². The Labute approximate surface area is 47.8 Å². The van der Waals surface area contributed by atoms with Crippen LogP contribution in [0.4, 0.5) is 0 Å². The van der Waals surface area contributed by atoms with Gasteiger partial charge in [0, 0.05) is 0 Å². The first-order valence-electron chi connectivity index (χ1n) is 2.74. The summed E-state index contributed by atoms with van der Waals surface area (Å²) < 4.78 is 0. The van der Waals surface area contributed by atoms with Gasteiger partial charge in [-0.05, 0) is 0 Å². The summed E-state index contributed by atoms with van der Waals surface area (Å²) in [5.74, 6) is 0. The third-order valence-electron chi connectivity index (χ3n) is 1.30. The van der Waals surface area contributed by atoms with Crippen LogP contribution < -0.4 is 5.06 Å². The van der Waals surface area contributed by atoms with Gasteiger partial charge in [-0.1, -0.05) is 0 Å². The van der Waals surface area contributed by atoms with Crippen LogP contribution in [-0.2, 0) is 0 Å². The fourth-order valence-corrected chi connectivity index (χ4v) is 0.744. The number of hydroxylamine groups is 4. The summed E-state index contributed by atoms with van der Waals surface area (Å²) in [5.41, 5.74) is 0. The smallest absolute Gasteiger partial charge is 0.0921 e. The zero-order valence-corrected chi connectivity index (χ0v) is 4.63. The molecule has 0 amide bonds. The van der Waals surface area contributed by atoms with E-state index < -0.39 is 0 Å². The molecule has 1 rings (SSSR count). The third kappa shape index (κ3) is 1.41. The predicted octanol–water partition coefficient (Wildman–Crippen LogP) is -1.93. The van der Waals surface area contributed by atoms with Gasteiger partial charge in [0.25, 0.3) is 0 Å². The molecule has 0 bridgehead atoms. The molecule has 0 unspecified atom stereocenters. The molecule has 1 fully saturated rings. The van der Waals surface area contributed by atoms with Gasteiger partial charge in [0.05, 0.1) is 26.2 Å². The molecule has 0 aromatic heterocycles. The molecule has 2 N–H and O–H groups in total. The molecule has 4 heteroatoms. The van der Waals surface area contributed by atoms with E-state index in [1.54, 1.807) is 0 Å². The SMILES string of the molecule is [O-][NH+]1CCN(O)CC1. The molecular formula is C4H10N2O2. The second-order valence-electron chi connectivity index (χ2n) is 1.99. The lowest BCUT2D eigenvalue weighted by Gasteiger charge is -2.30. The Morgan fingerprint density at radius 3 is 2.25 bits per heavy atom. The van der Waals surface area contributed by atoms with Crippen molar-refractivity contribution in [1.29, 1.82) is 0 Å². The van der Waals surface area contributed by atoms with Crippen LogP contribution in [0.25, 0.3) is 0 Å². The lowest BCUT2D eigenvalue weighted by atomic mass is 10.4. The van der Waals surface area contributed by atoms with Crippen molar-refractivity contribution in [1.82, 2.24) is 5.06 Å². The lowest BCUT2D eigenvalue weighted by Crippen LogP contribution is -3.10. The van der Waals surface area contributed by atoms with E-state index in [-0.39, 0.29) is 5.06 Å². The number of rotatable bonds is 0. The minimum atomic E-state index is 0.260. The summed E-state index contributed by atoms with van der Waals surface area (Å²) in [6.45, 7) is 2.05. The van der Waals surface area contributed by atoms with Crippen molar-refractivity contribution in [3.8, 4) is 0 Å². The number of hydrogen-bond donors (Lipinski definition) is 2. The van der Waals surface area contributed by atoms with Crippen LogP contribution in [0.15, 0.2) is 0 Å². The second-order valence-corrected chi connectivity index (χ2v) is 1.99. The van der Waals surface area contributed by atoms with Gasteiger partial charge in [-0.2, -0.15) is 5.06 Å². The molecular weight excluding hydrogens is 108 g/mol. The maximum absolute atomic E-state index is 10.5. The second kappa shape index (κ2) is 2.41. The van der Waals surface area contributed by atoms with E-state index in [0.29, 0.717) is 26.2 Å². The Kier molecular flexibility index (Phi) is 1.80. The minimum absolute atomic E-state index is 0.260. The molecule has 1 heterocycles. The molecule has 1 saturated heterocycles. The van der Waals surface area contributed by atoms with E-state index in [2.05, 4.69) is 0 Å². The van der Waals surface area contributed by atoms with Crippen LogP contribution in [0.3, 0.4) is 0 Å². The highest BCUT2D eigenvalue weighted by Gasteiger charge is 2.10. The summed E-state index contributed by atoms with van der Waals surface area (Å²) in [7, 11) is 0. The van der Waals surface area contributed by atoms with Crippen molar-refractivity contribution in [2.45, 2.75) is 0 Å². The quantitative estimate of drug-likeness (QED) is 0.364. The van der Waals surface area contributed by atoms with Gasteiger partial charge in [-0.25, -0.2) is 0 Å². The third-order valence-corrected chi connectivity index (χ3v) is 1.30. The lowest BCUT2D eigenvalue weighted by molar-refractivity contribution is -0.855. The number of nitrogens with zero attached hydrogens (tertiary/aromatic N) is 1. The maximum Gasteiger partial charge on any atom is 0.0921 e. The van der Waals surface area contributed by atoms with E-state index in [1.807, 2.05) is 0 Å². The molecule has 48 valence electrons. The Hall–Kier alpha value is -0.160. The normalized spacial score (nSPS) is 26.2. The molecule has 0 spiro atoms. The fourth-order valence-electron chi connectivity index (χ4n) is 0.744. The molecule has 1 aliphatic heterocycles. The fraction of sp³-hybridized carbons (Fsp3) is 1.00. The van der Waals surface area contributed by atoms with Gasteiger partial charge in [0.1, 0.15) is 0 Å². The standard InChI is InChI=1S/C4H10N2O2/c7-5-1-2-6(8)4-3-5/h5,8H,1-4H2. The van der Waals surface area contributed by atoms with E-state index in [4.69, 9.17) is 5.21 Å². The maximum atomic E-state index is 10.5. The Morgan fingerprint density at radius 1 is 1.38 bits per heavy atom. The highest BCUT2D eigenvalue weighted by Crippen LogP contribution is 1.78. The summed E-state index contributed by atoms with van der Waals surface area (Å²) in [4.78, 5) is 0. The summed E-state index contributed by atoms with van der Waals surface area (Å²) in [5, 5.41) is 20.6. The van der Waals surface area contributed by atoms with Crippen molar-refractivity contribution in [2.24, 2.45) is 0 Å². The van der Waals surface area contributed by atoms with Crippen LogP contribution in [0, 0.1) is 5.21 Å². The van der Waals surface area contributed by atoms with E-state index >= 15 is 0 Å². The first-order chi connectivity index (χ1) is 3.79. The van der Waals surface area contributed by atoms with Crippen molar-refractivity contribution in [3.05, 3.63) is 5.21 Å². The van der Waals surface area contributed by atoms with Crippen LogP contribution >= 0.6 is 0 Å². The van der Waals surface area contributed by atoms with Gasteiger partial charge >= 0.3 is 0 Å². The highest BCUT2D eigenvalue weighted by atomic mass is 16.5. The Morgan fingerprint density at radius 2 is 1.88 bits per heavy atom. The molecule has 0 atom stereocenters. The van der Waals surface area contributed by atoms with Crippen LogP contribution in [0.2, 0.25) is 0 Å². The van der Waals surface area contributed by atoms with Gasteiger partial charge in [-0.15, -0.1) is 0 Å². The topological polar surface area (TPSA) is 51.0 Å². The average molecular weight is 118 g/mol. The Balaban J connectivity index is 2.19.